The lowest BCUT2D eigenvalue weighted by atomic mass is 10.1. The number of ether oxygens (including phenoxy) is 1. The third-order valence-electron chi connectivity index (χ3n) is 3.83. The largest absolute Gasteiger partial charge is 0.383 e. The molecule has 0 saturated heterocycles. The number of carbonyl (C=O) groups is 1. The molecule has 8 heteroatoms. The zero-order chi connectivity index (χ0) is 19.4. The van der Waals surface area contributed by atoms with Gasteiger partial charge in [-0.2, -0.15) is 5.10 Å². The maximum absolute atomic E-state index is 12.7. The van der Waals surface area contributed by atoms with Gasteiger partial charge < -0.3 is 10.1 Å². The molecule has 0 fully saturated rings. The number of amides is 1. The quantitative estimate of drug-likeness (QED) is 0.574. The van der Waals surface area contributed by atoms with Crippen molar-refractivity contribution in [3.63, 3.8) is 0 Å². The molecule has 140 valence electrons. The number of aromatic nitrogens is 2. The molecule has 3 aromatic rings. The smallest absolute Gasteiger partial charge is 0.270 e. The highest BCUT2D eigenvalue weighted by Gasteiger charge is 2.19. The minimum Gasteiger partial charge on any atom is -0.383 e. The molecule has 0 aliphatic rings. The van der Waals surface area contributed by atoms with E-state index in [0.29, 0.717) is 45.3 Å². The van der Waals surface area contributed by atoms with Gasteiger partial charge in [-0.3, -0.25) is 4.79 Å². The zero-order valence-electron chi connectivity index (χ0n) is 14.4. The first-order valence-corrected chi connectivity index (χ1v) is 9.22. The molecule has 0 saturated carbocycles. The monoisotopic (exact) mass is 423 g/mol. The van der Waals surface area contributed by atoms with Gasteiger partial charge in [0, 0.05) is 19.2 Å². The van der Waals surface area contributed by atoms with E-state index in [1.54, 1.807) is 37.4 Å². The van der Waals surface area contributed by atoms with Crippen molar-refractivity contribution < 1.29 is 9.53 Å². The molecule has 5 nitrogen and oxygen atoms in total. The summed E-state index contributed by atoms with van der Waals surface area (Å²) in [6.07, 6.45) is 0. The van der Waals surface area contributed by atoms with Crippen LogP contribution in [-0.4, -0.2) is 35.9 Å². The van der Waals surface area contributed by atoms with Crippen LogP contribution in [0.5, 0.6) is 0 Å². The molecule has 27 heavy (non-hydrogen) atoms. The Balaban J connectivity index is 2.07. The first-order chi connectivity index (χ1) is 13.0. The highest BCUT2D eigenvalue weighted by Crippen LogP contribution is 2.30. The van der Waals surface area contributed by atoms with Crippen LogP contribution >= 0.6 is 34.8 Å². The Hall–Kier alpha value is -2.05. The van der Waals surface area contributed by atoms with Crippen molar-refractivity contribution in [2.24, 2.45) is 0 Å². The van der Waals surface area contributed by atoms with Gasteiger partial charge in [0.2, 0.25) is 0 Å². The van der Waals surface area contributed by atoms with E-state index in [4.69, 9.17) is 39.5 Å². The summed E-state index contributed by atoms with van der Waals surface area (Å²) in [5, 5.41) is 8.70. The molecular formula is C19H16Cl3N3O2. The molecule has 1 heterocycles. The van der Waals surface area contributed by atoms with E-state index >= 15 is 0 Å². The van der Waals surface area contributed by atoms with Crippen molar-refractivity contribution in [1.29, 1.82) is 0 Å². The van der Waals surface area contributed by atoms with Gasteiger partial charge in [-0.15, -0.1) is 0 Å². The fourth-order valence-electron chi connectivity index (χ4n) is 2.51. The topological polar surface area (TPSA) is 56.1 Å². The lowest BCUT2D eigenvalue weighted by Gasteiger charge is -2.09. The second-order valence-corrected chi connectivity index (χ2v) is 6.88. The number of benzene rings is 2. The lowest BCUT2D eigenvalue weighted by Crippen LogP contribution is -2.28. The minimum absolute atomic E-state index is 0.288. The molecule has 0 atom stereocenters. The van der Waals surface area contributed by atoms with Gasteiger partial charge in [0.15, 0.2) is 0 Å². The number of nitrogens with one attached hydrogen (secondary N) is 1. The van der Waals surface area contributed by atoms with E-state index in [2.05, 4.69) is 10.4 Å². The average Bonchev–Trinajstić information content (AvgIpc) is 3.10. The van der Waals surface area contributed by atoms with Gasteiger partial charge in [0.1, 0.15) is 5.69 Å². The van der Waals surface area contributed by atoms with Crippen molar-refractivity contribution in [2.45, 2.75) is 0 Å². The second-order valence-electron chi connectivity index (χ2n) is 5.65. The van der Waals surface area contributed by atoms with Gasteiger partial charge in [0.05, 0.1) is 33.1 Å². The Morgan fingerprint density at radius 1 is 1.07 bits per heavy atom. The molecule has 0 radical (unpaired) electrons. The molecule has 0 unspecified atom stereocenters. The number of nitrogens with zero attached hydrogens (tertiary/aromatic N) is 2. The fourth-order valence-corrected chi connectivity index (χ4v) is 3.04. The van der Waals surface area contributed by atoms with Crippen LogP contribution in [0, 0.1) is 0 Å². The van der Waals surface area contributed by atoms with Gasteiger partial charge in [-0.25, -0.2) is 4.68 Å². The molecule has 0 aliphatic heterocycles. The van der Waals surface area contributed by atoms with Crippen LogP contribution in [0.3, 0.4) is 0 Å². The number of methoxy groups -OCH3 is 1. The van der Waals surface area contributed by atoms with Crippen molar-refractivity contribution in [3.05, 3.63) is 69.3 Å². The third kappa shape index (κ3) is 4.45. The molecule has 1 aromatic heterocycles. The predicted octanol–water partition coefficient (Wildman–Crippen LogP) is 4.88. The third-order valence-corrected chi connectivity index (χ3v) is 4.90. The number of carbonyl (C=O) groups excluding carboxylic acids is 1. The van der Waals surface area contributed by atoms with Crippen LogP contribution in [0.25, 0.3) is 16.9 Å². The van der Waals surface area contributed by atoms with Gasteiger partial charge in [-0.1, -0.05) is 53.0 Å². The first kappa shape index (κ1) is 19.7. The minimum atomic E-state index is -0.288. The lowest BCUT2D eigenvalue weighted by molar-refractivity contribution is 0.0929. The number of rotatable bonds is 6. The Morgan fingerprint density at radius 3 is 2.56 bits per heavy atom. The number of halogens is 3. The van der Waals surface area contributed by atoms with Crippen LogP contribution in [0.1, 0.15) is 10.5 Å². The average molecular weight is 425 g/mol. The molecule has 1 amide bonds. The van der Waals surface area contributed by atoms with E-state index in [1.165, 1.54) is 4.68 Å². The molecule has 2 aromatic carbocycles. The molecule has 0 bridgehead atoms. The molecule has 0 aliphatic carbocycles. The van der Waals surface area contributed by atoms with Crippen LogP contribution < -0.4 is 5.32 Å². The maximum Gasteiger partial charge on any atom is 0.270 e. The van der Waals surface area contributed by atoms with Crippen LogP contribution in [0.15, 0.2) is 48.5 Å². The summed E-state index contributed by atoms with van der Waals surface area (Å²) in [5.41, 5.74) is 2.26. The van der Waals surface area contributed by atoms with Crippen molar-refractivity contribution in [3.8, 4) is 16.9 Å². The summed E-state index contributed by atoms with van der Waals surface area (Å²) in [6.45, 7) is 0.785. The van der Waals surface area contributed by atoms with E-state index in [0.717, 1.165) is 5.56 Å². The summed E-state index contributed by atoms with van der Waals surface area (Å²) in [4.78, 5) is 12.7. The predicted molar refractivity (Wildman–Crippen MR) is 108 cm³/mol. The van der Waals surface area contributed by atoms with Crippen LogP contribution in [-0.2, 0) is 4.74 Å². The van der Waals surface area contributed by atoms with Crippen molar-refractivity contribution in [2.75, 3.05) is 20.3 Å². The molecule has 3 rings (SSSR count). The Labute approximate surface area is 171 Å². The molecule has 1 N–H and O–H groups in total. The standard InChI is InChI=1S/C19H16Cl3N3O2/c1-27-9-8-23-19(26)18-11-17(13-4-2-3-5-14(13)20)24-25(18)12-6-7-15(21)16(22)10-12/h2-7,10-11H,8-9H2,1H3,(H,23,26). The van der Waals surface area contributed by atoms with Crippen LogP contribution in [0.2, 0.25) is 15.1 Å². The van der Waals surface area contributed by atoms with E-state index in [9.17, 15) is 4.79 Å². The maximum atomic E-state index is 12.7. The number of hydrogen-bond acceptors (Lipinski definition) is 3. The zero-order valence-corrected chi connectivity index (χ0v) is 16.6. The van der Waals surface area contributed by atoms with E-state index in [-0.39, 0.29) is 5.91 Å². The van der Waals surface area contributed by atoms with Gasteiger partial charge >= 0.3 is 0 Å². The molecule has 0 spiro atoms. The van der Waals surface area contributed by atoms with Crippen molar-refractivity contribution >= 4 is 40.7 Å². The van der Waals surface area contributed by atoms with Crippen LogP contribution in [0.4, 0.5) is 0 Å². The fraction of sp³-hybridized carbons (Fsp3) is 0.158. The summed E-state index contributed by atoms with van der Waals surface area (Å²) in [5.74, 6) is -0.288. The normalized spacial score (nSPS) is 10.8. The summed E-state index contributed by atoms with van der Waals surface area (Å²) < 4.78 is 6.49. The number of hydrogen-bond donors (Lipinski definition) is 1. The Morgan fingerprint density at radius 2 is 1.85 bits per heavy atom. The summed E-state index contributed by atoms with van der Waals surface area (Å²) >= 11 is 18.4. The summed E-state index contributed by atoms with van der Waals surface area (Å²) in [7, 11) is 1.57. The summed E-state index contributed by atoms with van der Waals surface area (Å²) in [6, 6.07) is 14.0. The highest BCUT2D eigenvalue weighted by molar-refractivity contribution is 6.42. The van der Waals surface area contributed by atoms with Crippen molar-refractivity contribution in [1.82, 2.24) is 15.1 Å². The van der Waals surface area contributed by atoms with Gasteiger partial charge in [-0.05, 0) is 30.3 Å². The highest BCUT2D eigenvalue weighted by atomic mass is 35.5. The molecular weight excluding hydrogens is 409 g/mol. The SMILES string of the molecule is COCCNC(=O)c1cc(-c2ccccc2Cl)nn1-c1ccc(Cl)c(Cl)c1. The first-order valence-electron chi connectivity index (χ1n) is 8.09. The Kier molecular flexibility index (Phi) is 6.39. The van der Waals surface area contributed by atoms with E-state index in [1.807, 2.05) is 18.2 Å². The van der Waals surface area contributed by atoms with E-state index < -0.39 is 0 Å². The van der Waals surface area contributed by atoms with Gasteiger partial charge in [0.25, 0.3) is 5.91 Å². The Bertz CT molecular complexity index is 973. The second kappa shape index (κ2) is 8.76.